The second kappa shape index (κ2) is 53.7. The first kappa shape index (κ1) is 72.1. The molecule has 0 saturated carbocycles. The molecule has 444 valence electrons. The summed E-state index contributed by atoms with van der Waals surface area (Å²) in [6.07, 6.45) is 63.7. The zero-order valence-corrected chi connectivity index (χ0v) is 49.0. The van der Waals surface area contributed by atoms with Gasteiger partial charge in [-0.1, -0.05) is 226 Å². The largest absolute Gasteiger partial charge is 0.454 e. The van der Waals surface area contributed by atoms with Crippen LogP contribution in [0.1, 0.15) is 226 Å². The predicted molar refractivity (Wildman–Crippen MR) is 324 cm³/mol. The summed E-state index contributed by atoms with van der Waals surface area (Å²) in [4.78, 5) is 26.5. The van der Waals surface area contributed by atoms with Crippen LogP contribution in [0, 0.1) is 0 Å². The first-order chi connectivity index (χ1) is 38.2. The monoisotopic (exact) mass is 1090 g/mol. The van der Waals surface area contributed by atoms with E-state index in [0.29, 0.717) is 12.8 Å². The number of amides is 1. The number of esters is 1. The first-order valence-corrected chi connectivity index (χ1v) is 30.8. The average Bonchev–Trinajstić information content (AvgIpc) is 3.44. The summed E-state index contributed by atoms with van der Waals surface area (Å²) in [5.74, 6) is -1.27. The van der Waals surface area contributed by atoms with Gasteiger partial charge in [-0.15, -0.1) is 0 Å². The molecule has 0 spiro atoms. The summed E-state index contributed by atoms with van der Waals surface area (Å²) < 4.78 is 17.6. The third-order valence-corrected chi connectivity index (χ3v) is 13.6. The van der Waals surface area contributed by atoms with Gasteiger partial charge in [-0.2, -0.15) is 0 Å². The standard InChI is InChI=1S/C67H111NO10/c1-4-7-10-13-16-19-22-25-27-29-31-33-35-37-40-43-46-49-52-55-62(72)78-65-64(74)63(73)61(56-69)77-67(65)76-57-58(59(70)53-50-47-44-41-38-24-21-18-15-12-9-6-3)68-66(75)60(71)54-51-48-45-42-39-36-34-32-30-28-26-23-20-17-14-11-8-5-2/h8,11,16-17,19-20,25-28,31-34,37,39-40,42,50,53,58-61,63-65,67,69-71,73-74H,4-7,9-10,12-15,18,21-24,29-30,35-36,38,41,43-49,51-52,54-57H2,1-3H3,(H,68,75)/b11-8-,19-16-,20-17-,27-25-,28-26-,33-31-,34-32-,40-37-,42-39-,53-50+. The van der Waals surface area contributed by atoms with Crippen molar-refractivity contribution in [3.63, 3.8) is 0 Å². The van der Waals surface area contributed by atoms with Crippen molar-refractivity contribution >= 4 is 11.9 Å². The molecule has 1 fully saturated rings. The van der Waals surface area contributed by atoms with Crippen LogP contribution in [0.3, 0.4) is 0 Å². The summed E-state index contributed by atoms with van der Waals surface area (Å²) in [5, 5.41) is 56.9. The lowest BCUT2D eigenvalue weighted by Gasteiger charge is -2.41. The molecule has 0 aliphatic carbocycles. The van der Waals surface area contributed by atoms with E-state index in [9.17, 15) is 35.1 Å². The van der Waals surface area contributed by atoms with Crippen LogP contribution in [0.2, 0.25) is 0 Å². The number of rotatable bonds is 50. The molecular formula is C67H111NO10. The van der Waals surface area contributed by atoms with Crippen LogP contribution in [-0.4, -0.2) is 99.6 Å². The molecule has 11 heteroatoms. The molecule has 8 atom stereocenters. The molecule has 1 heterocycles. The van der Waals surface area contributed by atoms with Crippen LogP contribution in [0.15, 0.2) is 122 Å². The molecule has 1 amide bonds. The topological polar surface area (TPSA) is 175 Å². The Morgan fingerprint density at radius 2 is 0.923 bits per heavy atom. The van der Waals surface area contributed by atoms with E-state index in [1.165, 1.54) is 64.2 Å². The Labute approximate surface area is 474 Å². The summed E-state index contributed by atoms with van der Waals surface area (Å²) in [7, 11) is 0. The second-order valence-corrected chi connectivity index (χ2v) is 20.7. The van der Waals surface area contributed by atoms with Gasteiger partial charge in [-0.3, -0.25) is 9.59 Å². The van der Waals surface area contributed by atoms with Gasteiger partial charge < -0.3 is 45.1 Å². The lowest BCUT2D eigenvalue weighted by Crippen LogP contribution is -2.61. The SMILES string of the molecule is CC/C=C\C/C=C\C/C=C\C/C=C\C/C=C\CCCCC(O)C(=O)NC(COC1OC(CO)C(O)C(O)C1OC(=O)CCCCC/C=C\C/C=C\C/C=C\C/C=C\CCCCC)C(O)/C=C/CCCCCCCCCCCC. The normalized spacial score (nSPS) is 19.8. The maximum Gasteiger partial charge on any atom is 0.306 e. The van der Waals surface area contributed by atoms with E-state index >= 15 is 0 Å². The van der Waals surface area contributed by atoms with Crippen LogP contribution < -0.4 is 5.32 Å². The summed E-state index contributed by atoms with van der Waals surface area (Å²) in [6, 6.07) is -1.06. The Morgan fingerprint density at radius 1 is 0.513 bits per heavy atom. The molecule has 1 saturated heterocycles. The van der Waals surface area contributed by atoms with Gasteiger partial charge in [0.15, 0.2) is 12.4 Å². The summed E-state index contributed by atoms with van der Waals surface area (Å²) >= 11 is 0. The number of allylic oxidation sites excluding steroid dienone is 19. The lowest BCUT2D eigenvalue weighted by atomic mass is 9.99. The van der Waals surface area contributed by atoms with Gasteiger partial charge in [0.25, 0.3) is 0 Å². The van der Waals surface area contributed by atoms with Crippen molar-refractivity contribution < 1.29 is 49.3 Å². The Balaban J connectivity index is 2.75. The number of unbranched alkanes of at least 4 members (excludes halogenated alkanes) is 18. The average molecular weight is 1090 g/mol. The van der Waals surface area contributed by atoms with E-state index in [0.717, 1.165) is 116 Å². The zero-order valence-electron chi connectivity index (χ0n) is 49.0. The number of aliphatic hydroxyl groups excluding tert-OH is 5. The van der Waals surface area contributed by atoms with Crippen molar-refractivity contribution in [2.75, 3.05) is 13.2 Å². The lowest BCUT2D eigenvalue weighted by molar-refractivity contribution is -0.305. The number of hydrogen-bond donors (Lipinski definition) is 6. The quantitative estimate of drug-likeness (QED) is 0.0195. The van der Waals surface area contributed by atoms with Gasteiger partial charge in [0.1, 0.15) is 24.4 Å². The summed E-state index contributed by atoms with van der Waals surface area (Å²) in [5.41, 5.74) is 0. The molecule has 11 nitrogen and oxygen atoms in total. The molecule has 8 unspecified atom stereocenters. The first-order valence-electron chi connectivity index (χ1n) is 30.8. The van der Waals surface area contributed by atoms with E-state index in [2.05, 4.69) is 135 Å². The molecule has 0 aromatic carbocycles. The molecule has 0 bridgehead atoms. The van der Waals surface area contributed by atoms with Gasteiger partial charge in [0.05, 0.1) is 25.4 Å². The second-order valence-electron chi connectivity index (χ2n) is 20.7. The van der Waals surface area contributed by atoms with Crippen molar-refractivity contribution in [1.29, 1.82) is 0 Å². The number of carbonyl (C=O) groups is 2. The van der Waals surface area contributed by atoms with E-state index in [1.54, 1.807) is 6.08 Å². The molecule has 1 aliphatic heterocycles. The van der Waals surface area contributed by atoms with Crippen molar-refractivity contribution in [1.82, 2.24) is 5.32 Å². The Morgan fingerprint density at radius 3 is 1.41 bits per heavy atom. The predicted octanol–water partition coefficient (Wildman–Crippen LogP) is 14.7. The highest BCUT2D eigenvalue weighted by Gasteiger charge is 2.47. The van der Waals surface area contributed by atoms with Crippen molar-refractivity contribution in [3.05, 3.63) is 122 Å². The minimum Gasteiger partial charge on any atom is -0.454 e. The molecule has 1 aliphatic rings. The fourth-order valence-electron chi connectivity index (χ4n) is 8.72. The van der Waals surface area contributed by atoms with Crippen molar-refractivity contribution in [3.8, 4) is 0 Å². The van der Waals surface area contributed by atoms with Crippen LogP contribution in [0.4, 0.5) is 0 Å². The van der Waals surface area contributed by atoms with Gasteiger partial charge in [-0.25, -0.2) is 0 Å². The Bertz CT molecular complexity index is 1730. The van der Waals surface area contributed by atoms with Crippen molar-refractivity contribution in [2.24, 2.45) is 0 Å². The molecule has 1 rings (SSSR count). The van der Waals surface area contributed by atoms with Crippen LogP contribution >= 0.6 is 0 Å². The molecule has 0 radical (unpaired) electrons. The maximum absolute atomic E-state index is 13.4. The van der Waals surface area contributed by atoms with Crippen LogP contribution in [0.25, 0.3) is 0 Å². The van der Waals surface area contributed by atoms with Gasteiger partial charge >= 0.3 is 5.97 Å². The number of ether oxygens (including phenoxy) is 3. The fourth-order valence-corrected chi connectivity index (χ4v) is 8.72. The third kappa shape index (κ3) is 41.1. The highest BCUT2D eigenvalue weighted by Crippen LogP contribution is 2.26. The zero-order chi connectivity index (χ0) is 56.8. The van der Waals surface area contributed by atoms with E-state index in [4.69, 9.17) is 14.2 Å². The Kier molecular flexibility index (Phi) is 49.6. The van der Waals surface area contributed by atoms with Gasteiger partial charge in [-0.05, 0) is 116 Å². The molecule has 0 aromatic rings. The Hall–Kier alpha value is -3.94. The number of nitrogens with one attached hydrogen (secondary N) is 1. The smallest absolute Gasteiger partial charge is 0.306 e. The molecular weight excluding hydrogens is 979 g/mol. The van der Waals surface area contributed by atoms with E-state index < -0.39 is 67.4 Å². The maximum atomic E-state index is 13.4. The van der Waals surface area contributed by atoms with Crippen molar-refractivity contribution in [2.45, 2.75) is 275 Å². The van der Waals surface area contributed by atoms with Crippen LogP contribution in [0.5, 0.6) is 0 Å². The fraction of sp³-hybridized carbons (Fsp3) is 0.672. The van der Waals surface area contributed by atoms with E-state index in [-0.39, 0.29) is 19.4 Å². The summed E-state index contributed by atoms with van der Waals surface area (Å²) in [6.45, 7) is 5.59. The minimum atomic E-state index is -1.64. The number of carbonyl (C=O) groups excluding carboxylic acids is 2. The molecule has 6 N–H and O–H groups in total. The number of hydrogen-bond acceptors (Lipinski definition) is 10. The van der Waals surface area contributed by atoms with Crippen LogP contribution in [-0.2, 0) is 23.8 Å². The van der Waals surface area contributed by atoms with E-state index in [1.807, 2.05) is 6.08 Å². The minimum absolute atomic E-state index is 0.0749. The van der Waals surface area contributed by atoms with Gasteiger partial charge in [0.2, 0.25) is 5.91 Å². The third-order valence-electron chi connectivity index (χ3n) is 13.6. The molecule has 78 heavy (non-hydrogen) atoms. The highest BCUT2D eigenvalue weighted by atomic mass is 16.7. The van der Waals surface area contributed by atoms with Gasteiger partial charge in [0, 0.05) is 6.42 Å². The molecule has 0 aromatic heterocycles. The highest BCUT2D eigenvalue weighted by molar-refractivity contribution is 5.80. The number of aliphatic hydroxyl groups is 5.